The van der Waals surface area contributed by atoms with Crippen molar-refractivity contribution in [1.29, 1.82) is 0 Å². The molecule has 0 aliphatic heterocycles. The Morgan fingerprint density at radius 2 is 1.46 bits per heavy atom. The van der Waals surface area contributed by atoms with Crippen molar-refractivity contribution >= 4 is 59.4 Å². The van der Waals surface area contributed by atoms with Crippen molar-refractivity contribution in [2.45, 2.75) is 51.1 Å². The average molecular weight is 679 g/mol. The first-order chi connectivity index (χ1) is 18.5. The maximum absolute atomic E-state index is 13.9. The first-order valence-corrected chi connectivity index (χ1v) is 15.7. The largest absolute Gasteiger partial charge is 0.354 e. The zero-order valence-electron chi connectivity index (χ0n) is 22.2. The summed E-state index contributed by atoms with van der Waals surface area (Å²) in [6, 6.07) is 19.9. The standard InChI is InChI=1S/C29H33Br2N3O4S/c1-4-5-18-32-29(36)22(3)33(19-23-8-10-24(30)11-9-23)28(35)20-34(26-14-12-25(31)13-15-26)39(37,38)27-16-6-21(2)7-17-27/h6-17,22H,4-5,18-20H2,1-3H3,(H,32,36). The van der Waals surface area contributed by atoms with E-state index in [0.717, 1.165) is 37.2 Å². The van der Waals surface area contributed by atoms with Crippen LogP contribution >= 0.6 is 31.9 Å². The Hall–Kier alpha value is -2.69. The molecule has 1 atom stereocenters. The maximum atomic E-state index is 13.9. The molecule has 208 valence electrons. The number of sulfonamides is 1. The van der Waals surface area contributed by atoms with E-state index in [2.05, 4.69) is 37.2 Å². The summed E-state index contributed by atoms with van der Waals surface area (Å²) in [5.74, 6) is -0.778. The molecule has 0 aliphatic rings. The SMILES string of the molecule is CCCCNC(=O)C(C)N(Cc1ccc(Br)cc1)C(=O)CN(c1ccc(Br)cc1)S(=O)(=O)c1ccc(C)cc1. The number of amides is 2. The minimum absolute atomic E-state index is 0.0774. The second-order valence-electron chi connectivity index (χ2n) is 9.27. The van der Waals surface area contributed by atoms with Crippen molar-refractivity contribution in [3.8, 4) is 0 Å². The van der Waals surface area contributed by atoms with E-state index in [4.69, 9.17) is 0 Å². The molecule has 0 fully saturated rings. The number of halogens is 2. The highest BCUT2D eigenvalue weighted by molar-refractivity contribution is 9.10. The summed E-state index contributed by atoms with van der Waals surface area (Å²) in [6.07, 6.45) is 1.75. The van der Waals surface area contributed by atoms with Crippen LogP contribution in [0.5, 0.6) is 0 Å². The van der Waals surface area contributed by atoms with E-state index in [1.54, 1.807) is 43.3 Å². The molecule has 0 aromatic heterocycles. The van der Waals surface area contributed by atoms with Crippen LogP contribution in [0.2, 0.25) is 0 Å². The summed E-state index contributed by atoms with van der Waals surface area (Å²) in [7, 11) is -4.09. The Kier molecular flexibility index (Phi) is 11.1. The topological polar surface area (TPSA) is 86.8 Å². The summed E-state index contributed by atoms with van der Waals surface area (Å²) in [6.45, 7) is 5.75. The molecule has 0 saturated heterocycles. The summed E-state index contributed by atoms with van der Waals surface area (Å²) in [5, 5.41) is 2.89. The Balaban J connectivity index is 1.98. The van der Waals surface area contributed by atoms with Crippen molar-refractivity contribution in [1.82, 2.24) is 10.2 Å². The van der Waals surface area contributed by atoms with Crippen LogP contribution in [0.25, 0.3) is 0 Å². The summed E-state index contributed by atoms with van der Waals surface area (Å²) < 4.78 is 30.4. The number of nitrogens with one attached hydrogen (secondary N) is 1. The van der Waals surface area contributed by atoms with Gasteiger partial charge < -0.3 is 10.2 Å². The Bertz CT molecular complexity index is 1360. The second kappa shape index (κ2) is 14.1. The number of carbonyl (C=O) groups is 2. The van der Waals surface area contributed by atoms with Gasteiger partial charge >= 0.3 is 0 Å². The van der Waals surface area contributed by atoms with E-state index in [1.165, 1.54) is 17.0 Å². The van der Waals surface area contributed by atoms with Gasteiger partial charge in [0, 0.05) is 22.0 Å². The third kappa shape index (κ3) is 8.40. The predicted molar refractivity (Wildman–Crippen MR) is 162 cm³/mol. The quantitative estimate of drug-likeness (QED) is 0.237. The van der Waals surface area contributed by atoms with Crippen molar-refractivity contribution in [2.24, 2.45) is 0 Å². The Labute approximate surface area is 247 Å². The number of aryl methyl sites for hydroxylation is 1. The van der Waals surface area contributed by atoms with Crippen LogP contribution in [0.4, 0.5) is 5.69 Å². The monoisotopic (exact) mass is 677 g/mol. The van der Waals surface area contributed by atoms with Gasteiger partial charge in [0.1, 0.15) is 12.6 Å². The van der Waals surface area contributed by atoms with Gasteiger partial charge in [-0.2, -0.15) is 0 Å². The Morgan fingerprint density at radius 3 is 2.03 bits per heavy atom. The van der Waals surface area contributed by atoms with E-state index in [-0.39, 0.29) is 17.3 Å². The molecular weight excluding hydrogens is 646 g/mol. The van der Waals surface area contributed by atoms with E-state index >= 15 is 0 Å². The van der Waals surface area contributed by atoms with Gasteiger partial charge in [0.15, 0.2) is 0 Å². The molecule has 3 aromatic rings. The Morgan fingerprint density at radius 1 is 0.897 bits per heavy atom. The number of benzene rings is 3. The van der Waals surface area contributed by atoms with Gasteiger partial charge in [-0.3, -0.25) is 13.9 Å². The summed E-state index contributed by atoms with van der Waals surface area (Å²) in [5.41, 5.74) is 2.08. The lowest BCUT2D eigenvalue weighted by Crippen LogP contribution is -2.51. The third-order valence-electron chi connectivity index (χ3n) is 6.27. The smallest absolute Gasteiger partial charge is 0.264 e. The van der Waals surface area contributed by atoms with Crippen LogP contribution in [0.1, 0.15) is 37.8 Å². The van der Waals surface area contributed by atoms with Gasteiger partial charge in [0.05, 0.1) is 10.6 Å². The number of nitrogens with zero attached hydrogens (tertiary/aromatic N) is 2. The molecule has 0 bridgehead atoms. The zero-order valence-corrected chi connectivity index (χ0v) is 26.2. The van der Waals surface area contributed by atoms with E-state index in [9.17, 15) is 18.0 Å². The highest BCUT2D eigenvalue weighted by atomic mass is 79.9. The maximum Gasteiger partial charge on any atom is 0.264 e. The molecule has 3 rings (SSSR count). The highest BCUT2D eigenvalue weighted by Gasteiger charge is 2.32. The van der Waals surface area contributed by atoms with Crippen molar-refractivity contribution in [3.05, 3.63) is 92.9 Å². The van der Waals surface area contributed by atoms with Gasteiger partial charge in [-0.15, -0.1) is 0 Å². The zero-order chi connectivity index (χ0) is 28.6. The molecule has 3 aromatic carbocycles. The lowest BCUT2D eigenvalue weighted by molar-refractivity contribution is -0.139. The summed E-state index contributed by atoms with van der Waals surface area (Å²) in [4.78, 5) is 28.4. The molecule has 0 radical (unpaired) electrons. The number of hydrogen-bond donors (Lipinski definition) is 1. The predicted octanol–water partition coefficient (Wildman–Crippen LogP) is 6.05. The molecule has 0 spiro atoms. The van der Waals surface area contributed by atoms with Gasteiger partial charge in [0.2, 0.25) is 11.8 Å². The lowest BCUT2D eigenvalue weighted by Gasteiger charge is -2.32. The van der Waals surface area contributed by atoms with E-state index < -0.39 is 28.5 Å². The molecule has 1 unspecified atom stereocenters. The second-order valence-corrected chi connectivity index (χ2v) is 13.0. The van der Waals surface area contributed by atoms with Gasteiger partial charge in [-0.25, -0.2) is 8.42 Å². The van der Waals surface area contributed by atoms with Gasteiger partial charge in [0.25, 0.3) is 10.0 Å². The van der Waals surface area contributed by atoms with Crippen molar-refractivity contribution in [3.63, 3.8) is 0 Å². The molecule has 1 N–H and O–H groups in total. The van der Waals surface area contributed by atoms with Crippen molar-refractivity contribution < 1.29 is 18.0 Å². The minimum atomic E-state index is -4.09. The van der Waals surface area contributed by atoms with Crippen molar-refractivity contribution in [2.75, 3.05) is 17.4 Å². The van der Waals surface area contributed by atoms with Crippen LogP contribution < -0.4 is 9.62 Å². The summed E-state index contributed by atoms with van der Waals surface area (Å²) >= 11 is 6.80. The number of anilines is 1. The molecule has 10 heteroatoms. The molecule has 0 saturated carbocycles. The third-order valence-corrected chi connectivity index (χ3v) is 9.11. The van der Waals surface area contributed by atoms with Crippen LogP contribution in [0, 0.1) is 6.92 Å². The number of hydrogen-bond acceptors (Lipinski definition) is 4. The molecular formula is C29H33Br2N3O4S. The molecule has 7 nitrogen and oxygen atoms in total. The normalized spacial score (nSPS) is 12.0. The molecule has 2 amide bonds. The molecule has 39 heavy (non-hydrogen) atoms. The van der Waals surface area contributed by atoms with Crippen LogP contribution in [-0.4, -0.2) is 44.3 Å². The van der Waals surface area contributed by atoms with Crippen LogP contribution in [0.15, 0.2) is 86.6 Å². The van der Waals surface area contributed by atoms with Crippen LogP contribution in [0.3, 0.4) is 0 Å². The molecule has 0 heterocycles. The van der Waals surface area contributed by atoms with Gasteiger partial charge in [-0.1, -0.05) is 75.0 Å². The van der Waals surface area contributed by atoms with E-state index in [0.29, 0.717) is 12.2 Å². The first kappa shape index (κ1) is 30.8. The highest BCUT2D eigenvalue weighted by Crippen LogP contribution is 2.26. The first-order valence-electron chi connectivity index (χ1n) is 12.7. The fraction of sp³-hybridized carbons (Fsp3) is 0.310. The lowest BCUT2D eigenvalue weighted by atomic mass is 10.1. The number of carbonyl (C=O) groups excluding carboxylic acids is 2. The fourth-order valence-electron chi connectivity index (χ4n) is 3.88. The molecule has 0 aliphatic carbocycles. The average Bonchev–Trinajstić information content (AvgIpc) is 2.91. The van der Waals surface area contributed by atoms with Gasteiger partial charge in [-0.05, 0) is 74.4 Å². The fourth-order valence-corrected chi connectivity index (χ4v) is 5.82. The number of unbranched alkanes of at least 4 members (excludes halogenated alkanes) is 1. The minimum Gasteiger partial charge on any atom is -0.354 e. The van der Waals surface area contributed by atoms with Crippen LogP contribution in [-0.2, 0) is 26.2 Å². The number of rotatable bonds is 12. The van der Waals surface area contributed by atoms with E-state index in [1.807, 2.05) is 38.1 Å².